The molecule has 25 heavy (non-hydrogen) atoms. The van der Waals surface area contributed by atoms with Crippen LogP contribution in [0.1, 0.15) is 43.0 Å². The van der Waals surface area contributed by atoms with Gasteiger partial charge in [0.1, 0.15) is 0 Å². The SMILES string of the molecule is C[C@H](CNC(=O)[C@@H]1CCCC[C@H]1C(F)(F)F)N1CCc2sccc2C1. The lowest BCUT2D eigenvalue weighted by molar-refractivity contribution is -0.198. The molecule has 0 aromatic carbocycles. The average Bonchev–Trinajstić information content (AvgIpc) is 3.06. The molecule has 3 nitrogen and oxygen atoms in total. The number of rotatable bonds is 4. The summed E-state index contributed by atoms with van der Waals surface area (Å²) in [5, 5.41) is 4.89. The normalized spacial score (nSPS) is 26.1. The van der Waals surface area contributed by atoms with Gasteiger partial charge < -0.3 is 5.32 Å². The second-order valence-corrected chi connectivity index (χ2v) is 8.22. The monoisotopic (exact) mass is 374 g/mol. The fourth-order valence-corrected chi connectivity index (χ4v) is 4.88. The maximum Gasteiger partial charge on any atom is 0.392 e. The summed E-state index contributed by atoms with van der Waals surface area (Å²) >= 11 is 1.78. The molecule has 3 rings (SSSR count). The van der Waals surface area contributed by atoms with Gasteiger partial charge in [-0.25, -0.2) is 0 Å². The van der Waals surface area contributed by atoms with Gasteiger partial charge in [0, 0.05) is 36.5 Å². The molecule has 140 valence electrons. The fraction of sp³-hybridized carbons (Fsp3) is 0.722. The second-order valence-electron chi connectivity index (χ2n) is 7.22. The van der Waals surface area contributed by atoms with Crippen LogP contribution >= 0.6 is 11.3 Å². The van der Waals surface area contributed by atoms with Crippen LogP contribution in [0.25, 0.3) is 0 Å². The minimum atomic E-state index is -4.28. The van der Waals surface area contributed by atoms with Crippen LogP contribution in [-0.4, -0.2) is 36.1 Å². The van der Waals surface area contributed by atoms with Gasteiger partial charge in [0.2, 0.25) is 5.91 Å². The van der Waals surface area contributed by atoms with E-state index in [4.69, 9.17) is 0 Å². The Kier molecular flexibility index (Phi) is 5.73. The molecule has 2 aliphatic rings. The van der Waals surface area contributed by atoms with E-state index in [1.807, 2.05) is 6.92 Å². The van der Waals surface area contributed by atoms with Crippen molar-refractivity contribution in [2.45, 2.75) is 57.8 Å². The number of nitrogens with zero attached hydrogens (tertiary/aromatic N) is 1. The Morgan fingerprint density at radius 1 is 1.40 bits per heavy atom. The van der Waals surface area contributed by atoms with Crippen molar-refractivity contribution in [3.05, 3.63) is 21.9 Å². The summed E-state index contributed by atoms with van der Waals surface area (Å²) in [5.41, 5.74) is 1.33. The summed E-state index contributed by atoms with van der Waals surface area (Å²) in [6.07, 6.45) is -1.61. The lowest BCUT2D eigenvalue weighted by Gasteiger charge is -2.34. The van der Waals surface area contributed by atoms with E-state index in [-0.39, 0.29) is 12.5 Å². The Labute approximate surface area is 150 Å². The van der Waals surface area contributed by atoms with Crippen molar-refractivity contribution < 1.29 is 18.0 Å². The Hall–Kier alpha value is -1.08. The van der Waals surface area contributed by atoms with E-state index in [2.05, 4.69) is 21.7 Å². The molecular formula is C18H25F3N2OS. The topological polar surface area (TPSA) is 32.3 Å². The number of halogens is 3. The van der Waals surface area contributed by atoms with Crippen LogP contribution in [0.2, 0.25) is 0 Å². The number of nitrogens with one attached hydrogen (secondary N) is 1. The van der Waals surface area contributed by atoms with Crippen LogP contribution < -0.4 is 5.32 Å². The molecule has 1 aliphatic carbocycles. The van der Waals surface area contributed by atoms with Crippen molar-refractivity contribution in [3.8, 4) is 0 Å². The summed E-state index contributed by atoms with van der Waals surface area (Å²) < 4.78 is 39.5. The van der Waals surface area contributed by atoms with E-state index < -0.39 is 23.9 Å². The molecule has 0 bridgehead atoms. The van der Waals surface area contributed by atoms with Gasteiger partial charge in [0.15, 0.2) is 0 Å². The molecular weight excluding hydrogens is 349 g/mol. The Bertz CT molecular complexity index is 601. The first-order chi connectivity index (χ1) is 11.9. The van der Waals surface area contributed by atoms with E-state index in [0.717, 1.165) is 19.5 Å². The van der Waals surface area contributed by atoms with E-state index in [1.165, 1.54) is 10.4 Å². The first kappa shape index (κ1) is 18.7. The summed E-state index contributed by atoms with van der Waals surface area (Å²) in [4.78, 5) is 16.1. The molecule has 0 saturated heterocycles. The molecule has 0 radical (unpaired) electrons. The number of carbonyl (C=O) groups is 1. The molecule has 1 saturated carbocycles. The Morgan fingerprint density at radius 2 is 2.16 bits per heavy atom. The number of hydrogen-bond acceptors (Lipinski definition) is 3. The molecule has 0 spiro atoms. The van der Waals surface area contributed by atoms with Crippen molar-refractivity contribution in [1.29, 1.82) is 0 Å². The zero-order valence-corrected chi connectivity index (χ0v) is 15.3. The van der Waals surface area contributed by atoms with Crippen molar-refractivity contribution in [2.75, 3.05) is 13.1 Å². The summed E-state index contributed by atoms with van der Waals surface area (Å²) in [7, 11) is 0. The molecule has 1 fully saturated rings. The smallest absolute Gasteiger partial charge is 0.354 e. The van der Waals surface area contributed by atoms with Gasteiger partial charge in [-0.15, -0.1) is 11.3 Å². The van der Waals surface area contributed by atoms with Crippen molar-refractivity contribution >= 4 is 17.2 Å². The summed E-state index contributed by atoms with van der Waals surface area (Å²) in [6, 6.07) is 2.25. The number of amides is 1. The summed E-state index contributed by atoms with van der Waals surface area (Å²) in [5.74, 6) is -2.84. The number of carbonyl (C=O) groups excluding carboxylic acids is 1. The maximum absolute atomic E-state index is 13.2. The zero-order valence-electron chi connectivity index (χ0n) is 14.4. The molecule has 1 aliphatic heterocycles. The lowest BCUT2D eigenvalue weighted by atomic mass is 9.78. The Balaban J connectivity index is 1.53. The van der Waals surface area contributed by atoms with E-state index in [0.29, 0.717) is 25.8 Å². The average molecular weight is 374 g/mol. The predicted octanol–water partition coefficient (Wildman–Crippen LogP) is 3.98. The van der Waals surface area contributed by atoms with Gasteiger partial charge in [0.05, 0.1) is 5.92 Å². The van der Waals surface area contributed by atoms with Gasteiger partial charge in [-0.3, -0.25) is 9.69 Å². The van der Waals surface area contributed by atoms with Gasteiger partial charge in [-0.2, -0.15) is 13.2 Å². The quantitative estimate of drug-likeness (QED) is 0.865. The Morgan fingerprint density at radius 3 is 2.92 bits per heavy atom. The van der Waals surface area contributed by atoms with E-state index in [1.54, 1.807) is 11.3 Å². The molecule has 1 aromatic heterocycles. The third-order valence-electron chi connectivity index (χ3n) is 5.56. The molecule has 3 atom stereocenters. The van der Waals surface area contributed by atoms with Crippen LogP contribution in [0.3, 0.4) is 0 Å². The van der Waals surface area contributed by atoms with Crippen LogP contribution in [0.5, 0.6) is 0 Å². The molecule has 1 aromatic rings. The van der Waals surface area contributed by atoms with E-state index in [9.17, 15) is 18.0 Å². The number of fused-ring (bicyclic) bond motifs is 1. The predicted molar refractivity (Wildman–Crippen MR) is 92.4 cm³/mol. The minimum Gasteiger partial charge on any atom is -0.354 e. The standard InChI is InChI=1S/C18H25F3N2OS/c1-12(23-8-6-16-13(11-23)7-9-25-16)10-22-17(24)14-4-2-3-5-15(14)18(19,20)21/h7,9,12,14-15H,2-6,8,10-11H2,1H3,(H,22,24)/t12-,14-,15-/m1/s1. The largest absolute Gasteiger partial charge is 0.392 e. The zero-order chi connectivity index (χ0) is 18.0. The van der Waals surface area contributed by atoms with Gasteiger partial charge >= 0.3 is 6.18 Å². The number of thiophene rings is 1. The van der Waals surface area contributed by atoms with Crippen LogP contribution in [0.4, 0.5) is 13.2 Å². The molecule has 0 unspecified atom stereocenters. The highest BCUT2D eigenvalue weighted by Gasteiger charge is 2.48. The third kappa shape index (κ3) is 4.37. The van der Waals surface area contributed by atoms with Crippen LogP contribution in [0, 0.1) is 11.8 Å². The third-order valence-corrected chi connectivity index (χ3v) is 6.58. The van der Waals surface area contributed by atoms with Gasteiger partial charge in [-0.05, 0) is 43.2 Å². The van der Waals surface area contributed by atoms with Crippen molar-refractivity contribution in [2.24, 2.45) is 11.8 Å². The van der Waals surface area contributed by atoms with Gasteiger partial charge in [-0.1, -0.05) is 12.8 Å². The van der Waals surface area contributed by atoms with E-state index >= 15 is 0 Å². The molecule has 7 heteroatoms. The molecule has 1 amide bonds. The van der Waals surface area contributed by atoms with Crippen molar-refractivity contribution in [3.63, 3.8) is 0 Å². The van der Waals surface area contributed by atoms with Crippen molar-refractivity contribution in [1.82, 2.24) is 10.2 Å². The summed E-state index contributed by atoms with van der Waals surface area (Å²) in [6.45, 7) is 4.21. The highest BCUT2D eigenvalue weighted by molar-refractivity contribution is 7.10. The van der Waals surface area contributed by atoms with Crippen LogP contribution in [0.15, 0.2) is 11.4 Å². The van der Waals surface area contributed by atoms with Crippen LogP contribution in [-0.2, 0) is 17.8 Å². The molecule has 1 N–H and O–H groups in total. The first-order valence-electron chi connectivity index (χ1n) is 9.00. The molecule has 2 heterocycles. The maximum atomic E-state index is 13.2. The highest BCUT2D eigenvalue weighted by Crippen LogP contribution is 2.41. The number of hydrogen-bond donors (Lipinski definition) is 1. The minimum absolute atomic E-state index is 0.0736. The number of alkyl halides is 3. The van der Waals surface area contributed by atoms with Gasteiger partial charge in [0.25, 0.3) is 0 Å². The fourth-order valence-electron chi connectivity index (χ4n) is 3.99. The first-order valence-corrected chi connectivity index (χ1v) is 9.88. The highest BCUT2D eigenvalue weighted by atomic mass is 32.1. The lowest BCUT2D eigenvalue weighted by Crippen LogP contribution is -2.48. The second kappa shape index (κ2) is 7.66.